The molecular formula is C38H31F6N7O6S2. The summed E-state index contributed by atoms with van der Waals surface area (Å²) in [6, 6.07) is 16.6. The maximum atomic E-state index is 13.7. The number of alkyl halides is 6. The highest BCUT2D eigenvalue weighted by molar-refractivity contribution is 7.93. The summed E-state index contributed by atoms with van der Waals surface area (Å²) in [6.45, 7) is -0.663. The third kappa shape index (κ3) is 10.2. The summed E-state index contributed by atoms with van der Waals surface area (Å²) in [5.41, 5.74) is 0.200. The quantitative estimate of drug-likeness (QED) is 0.116. The number of nitrogens with zero attached hydrogens (tertiary/aromatic N) is 6. The van der Waals surface area contributed by atoms with Gasteiger partial charge >= 0.3 is 24.4 Å². The number of amides is 2. The van der Waals surface area contributed by atoms with Gasteiger partial charge in [-0.05, 0) is 97.0 Å². The van der Waals surface area contributed by atoms with Crippen molar-refractivity contribution in [1.82, 2.24) is 24.1 Å². The number of nitrogens with one attached hydrogen (secondary N) is 1. The highest BCUT2D eigenvalue weighted by Crippen LogP contribution is 2.40. The lowest BCUT2D eigenvalue weighted by atomic mass is 9.97. The molecule has 1 aliphatic heterocycles. The van der Waals surface area contributed by atoms with Gasteiger partial charge in [-0.2, -0.15) is 36.0 Å². The Morgan fingerprint density at radius 3 is 2.42 bits per heavy atom. The molecule has 0 spiro atoms. The van der Waals surface area contributed by atoms with Crippen molar-refractivity contribution in [3.05, 3.63) is 102 Å². The molecule has 21 heteroatoms. The normalized spacial score (nSPS) is 14.7. The average molecular weight is 860 g/mol. The van der Waals surface area contributed by atoms with E-state index in [4.69, 9.17) is 4.74 Å². The summed E-state index contributed by atoms with van der Waals surface area (Å²) in [5, 5.41) is 20.0. The van der Waals surface area contributed by atoms with Crippen molar-refractivity contribution in [2.45, 2.75) is 55.5 Å². The van der Waals surface area contributed by atoms with Crippen LogP contribution in [0.1, 0.15) is 42.5 Å². The average Bonchev–Trinajstić information content (AvgIpc) is 3.71. The van der Waals surface area contributed by atoms with E-state index in [1.54, 1.807) is 0 Å². The molecule has 59 heavy (non-hydrogen) atoms. The SMILES string of the molecule is N#Cc1cc(S(=O)(=O)Nc2ncns2)ccc1Oc1ccc(-c2cccc(C(F)(F)F)c2)cc1-c1ccnc(CN(CCC2CCCCN2C(=O)C(F)(F)F)C(=O)O)c1. The van der Waals surface area contributed by atoms with Crippen LogP contribution in [0.3, 0.4) is 0 Å². The number of carboxylic acid groups (broad SMARTS) is 1. The Hall–Kier alpha value is -6.27. The number of hydrogen-bond acceptors (Lipinski definition) is 10. The maximum Gasteiger partial charge on any atom is 0.471 e. The number of nitriles is 1. The van der Waals surface area contributed by atoms with Gasteiger partial charge in [0.05, 0.1) is 28.3 Å². The molecule has 1 unspecified atom stereocenters. The predicted molar refractivity (Wildman–Crippen MR) is 201 cm³/mol. The second-order valence-electron chi connectivity index (χ2n) is 13.2. The van der Waals surface area contributed by atoms with Gasteiger partial charge in [0.25, 0.3) is 10.0 Å². The van der Waals surface area contributed by atoms with Crippen LogP contribution < -0.4 is 9.46 Å². The monoisotopic (exact) mass is 859 g/mol. The van der Waals surface area contributed by atoms with Crippen molar-refractivity contribution >= 4 is 38.7 Å². The molecule has 2 aromatic heterocycles. The lowest BCUT2D eigenvalue weighted by Gasteiger charge is -2.37. The zero-order chi connectivity index (χ0) is 42.5. The van der Waals surface area contributed by atoms with Crippen LogP contribution in [0.25, 0.3) is 22.3 Å². The Morgan fingerprint density at radius 2 is 1.73 bits per heavy atom. The zero-order valence-corrected chi connectivity index (χ0v) is 32.0. The maximum absolute atomic E-state index is 13.7. The predicted octanol–water partition coefficient (Wildman–Crippen LogP) is 8.56. The smallest absolute Gasteiger partial charge is 0.465 e. The number of piperidine rings is 1. The number of carbonyl (C=O) groups is 2. The van der Waals surface area contributed by atoms with Gasteiger partial charge in [-0.25, -0.2) is 18.2 Å². The number of pyridine rings is 1. The zero-order valence-electron chi connectivity index (χ0n) is 30.4. The number of likely N-dealkylation sites (tertiary alicyclic amines) is 1. The Balaban J connectivity index is 1.33. The molecular weight excluding hydrogens is 829 g/mol. The molecule has 1 saturated heterocycles. The van der Waals surface area contributed by atoms with Crippen LogP contribution in [0.4, 0.5) is 36.3 Å². The molecule has 2 amide bonds. The number of halogens is 6. The number of benzene rings is 3. The van der Waals surface area contributed by atoms with E-state index in [0.29, 0.717) is 24.0 Å². The van der Waals surface area contributed by atoms with Crippen LogP contribution in [0.5, 0.6) is 11.5 Å². The molecule has 0 bridgehead atoms. The number of aromatic nitrogens is 3. The Morgan fingerprint density at radius 1 is 0.966 bits per heavy atom. The molecule has 0 aliphatic carbocycles. The third-order valence-corrected chi connectivity index (χ3v) is 11.3. The van der Waals surface area contributed by atoms with E-state index in [9.17, 15) is 54.7 Å². The molecule has 1 atom stereocenters. The summed E-state index contributed by atoms with van der Waals surface area (Å²) >= 11 is 0.795. The first-order valence-corrected chi connectivity index (χ1v) is 19.8. The summed E-state index contributed by atoms with van der Waals surface area (Å²) < 4.78 is 119. The van der Waals surface area contributed by atoms with Crippen molar-refractivity contribution in [2.75, 3.05) is 17.8 Å². The highest BCUT2D eigenvalue weighted by Gasteiger charge is 2.45. The van der Waals surface area contributed by atoms with E-state index in [1.807, 2.05) is 6.07 Å². The largest absolute Gasteiger partial charge is 0.471 e. The molecule has 0 radical (unpaired) electrons. The van der Waals surface area contributed by atoms with Crippen molar-refractivity contribution in [1.29, 1.82) is 5.26 Å². The molecule has 3 heterocycles. The van der Waals surface area contributed by atoms with Crippen LogP contribution in [-0.4, -0.2) is 75.0 Å². The molecule has 1 aliphatic rings. The Bertz CT molecular complexity index is 2500. The first-order chi connectivity index (χ1) is 27.9. The van der Waals surface area contributed by atoms with Crippen LogP contribution in [-0.2, 0) is 27.5 Å². The summed E-state index contributed by atoms with van der Waals surface area (Å²) in [5.74, 6) is -1.99. The standard InChI is InChI=1S/C38H31F6N7O6S2/c39-37(40,41)27-5-3-4-23(16-27)24-7-9-33(57-32-10-8-30(18-26(32)20-45)59(55,56)49-35-47-22-48-58-35)31(19-24)25-11-13-46-28(17-25)21-50(36(53)54)15-12-29-6-1-2-14-51(29)34(52)38(42,43)44/h3-5,7-11,13,16-19,22,29H,1-2,6,12,14-15,21H2,(H,53,54)(H,47,48,49). The van der Waals surface area contributed by atoms with Gasteiger partial charge in [-0.1, -0.05) is 18.2 Å². The minimum Gasteiger partial charge on any atom is -0.465 e. The first kappa shape index (κ1) is 42.3. The second-order valence-corrected chi connectivity index (χ2v) is 15.7. The van der Waals surface area contributed by atoms with Gasteiger partial charge in [0.2, 0.25) is 5.13 Å². The Kier molecular flexibility index (Phi) is 12.4. The number of hydrogen-bond donors (Lipinski definition) is 2. The molecule has 13 nitrogen and oxygen atoms in total. The minimum atomic E-state index is -5.08. The number of rotatable bonds is 12. The summed E-state index contributed by atoms with van der Waals surface area (Å²) in [7, 11) is -4.20. The van der Waals surface area contributed by atoms with Crippen molar-refractivity contribution in [3.8, 4) is 39.8 Å². The van der Waals surface area contributed by atoms with Gasteiger partial charge in [-0.3, -0.25) is 14.5 Å². The number of sulfonamides is 1. The van der Waals surface area contributed by atoms with E-state index in [1.165, 1.54) is 60.8 Å². The van der Waals surface area contributed by atoms with Crippen molar-refractivity contribution < 1.29 is 54.2 Å². The lowest BCUT2D eigenvalue weighted by molar-refractivity contribution is -0.189. The van der Waals surface area contributed by atoms with Gasteiger partial charge in [0, 0.05) is 42.4 Å². The third-order valence-electron chi connectivity index (χ3n) is 9.30. The minimum absolute atomic E-state index is 0.00850. The fraction of sp³-hybridized carbons (Fsp3) is 0.263. The van der Waals surface area contributed by atoms with Crippen molar-refractivity contribution in [2.24, 2.45) is 0 Å². The number of anilines is 1. The van der Waals surface area contributed by atoms with Gasteiger partial charge in [0.1, 0.15) is 23.9 Å². The molecule has 5 aromatic rings. The molecule has 1 fully saturated rings. The van der Waals surface area contributed by atoms with E-state index >= 15 is 0 Å². The lowest BCUT2D eigenvalue weighted by Crippen LogP contribution is -2.50. The number of carbonyl (C=O) groups excluding carboxylic acids is 1. The van der Waals surface area contributed by atoms with Gasteiger partial charge in [-0.15, -0.1) is 0 Å². The molecule has 308 valence electrons. The molecule has 2 N–H and O–H groups in total. The van der Waals surface area contributed by atoms with E-state index in [-0.39, 0.29) is 76.4 Å². The second kappa shape index (κ2) is 17.3. The van der Waals surface area contributed by atoms with E-state index < -0.39 is 46.0 Å². The summed E-state index contributed by atoms with van der Waals surface area (Å²) in [6.07, 6.45) is -7.46. The van der Waals surface area contributed by atoms with Crippen LogP contribution in [0.2, 0.25) is 0 Å². The van der Waals surface area contributed by atoms with Gasteiger partial charge in [0.15, 0.2) is 0 Å². The van der Waals surface area contributed by atoms with Crippen LogP contribution in [0.15, 0.2) is 90.2 Å². The topological polar surface area (TPSA) is 179 Å². The molecule has 3 aromatic carbocycles. The van der Waals surface area contributed by atoms with E-state index in [0.717, 1.165) is 45.9 Å². The fourth-order valence-corrected chi connectivity index (χ4v) is 8.16. The van der Waals surface area contributed by atoms with Crippen LogP contribution >= 0.6 is 11.5 Å². The summed E-state index contributed by atoms with van der Waals surface area (Å²) in [4.78, 5) is 33.9. The first-order valence-electron chi connectivity index (χ1n) is 17.6. The molecule has 0 saturated carbocycles. The van der Waals surface area contributed by atoms with E-state index in [2.05, 4.69) is 19.1 Å². The van der Waals surface area contributed by atoms with Crippen LogP contribution in [0, 0.1) is 11.3 Å². The highest BCUT2D eigenvalue weighted by atomic mass is 32.2. The van der Waals surface area contributed by atoms with Crippen molar-refractivity contribution in [3.63, 3.8) is 0 Å². The fourth-order valence-electron chi connectivity index (χ4n) is 6.47. The Labute approximate surface area is 336 Å². The number of ether oxygens (including phenoxy) is 1. The molecule has 6 rings (SSSR count). The van der Waals surface area contributed by atoms with Gasteiger partial charge < -0.3 is 19.6 Å².